The lowest BCUT2D eigenvalue weighted by molar-refractivity contribution is -0.118. The Hall–Kier alpha value is -1.44. The molecule has 0 saturated carbocycles. The fourth-order valence-corrected chi connectivity index (χ4v) is 3.73. The number of carbonyl (C=O) groups excluding carboxylic acids is 1. The first-order valence-electron chi connectivity index (χ1n) is 6.57. The van der Waals surface area contributed by atoms with Crippen LogP contribution in [0.1, 0.15) is 10.4 Å². The van der Waals surface area contributed by atoms with Gasteiger partial charge in [0.25, 0.3) is 0 Å². The number of nitrogens with zero attached hydrogens (tertiary/aromatic N) is 2. The van der Waals surface area contributed by atoms with E-state index in [0.29, 0.717) is 11.6 Å². The van der Waals surface area contributed by atoms with Crippen molar-refractivity contribution in [2.24, 2.45) is 10.2 Å². The van der Waals surface area contributed by atoms with Gasteiger partial charge in [-0.3, -0.25) is 4.79 Å². The molecule has 1 fully saturated rings. The highest BCUT2D eigenvalue weighted by molar-refractivity contribution is 9.10. The monoisotopic (exact) mass is 393 g/mol. The highest BCUT2D eigenvalue weighted by Gasteiger charge is 2.30. The van der Waals surface area contributed by atoms with Gasteiger partial charge < -0.3 is 5.32 Å². The second-order valence-electron chi connectivity index (χ2n) is 4.59. The molecule has 22 heavy (non-hydrogen) atoms. The van der Waals surface area contributed by atoms with E-state index < -0.39 is 0 Å². The van der Waals surface area contributed by atoms with E-state index in [9.17, 15) is 4.79 Å². The van der Waals surface area contributed by atoms with Crippen molar-refractivity contribution in [2.45, 2.75) is 11.7 Å². The first-order chi connectivity index (χ1) is 10.7. The smallest absolute Gasteiger partial charge is 0.239 e. The number of amidine groups is 1. The average Bonchev–Trinajstić information content (AvgIpc) is 3.12. The summed E-state index contributed by atoms with van der Waals surface area (Å²) in [6.45, 7) is 0. The Kier molecular flexibility index (Phi) is 5.07. The van der Waals surface area contributed by atoms with Crippen molar-refractivity contribution in [1.29, 1.82) is 0 Å². The van der Waals surface area contributed by atoms with Crippen LogP contribution in [0.5, 0.6) is 0 Å². The zero-order chi connectivity index (χ0) is 15.4. The van der Waals surface area contributed by atoms with Crippen molar-refractivity contribution in [3.63, 3.8) is 0 Å². The molecule has 0 radical (unpaired) electrons. The Bertz CT molecular complexity index is 711. The number of nitrogens with one attached hydrogen (secondary N) is 1. The Balaban J connectivity index is 1.61. The summed E-state index contributed by atoms with van der Waals surface area (Å²) in [5.74, 6) is -0.0157. The summed E-state index contributed by atoms with van der Waals surface area (Å²) in [5.41, 5.74) is 1.12. The van der Waals surface area contributed by atoms with Crippen molar-refractivity contribution in [3.8, 4) is 0 Å². The second-order valence-corrected chi connectivity index (χ2v) is 7.68. The Labute approximate surface area is 144 Å². The van der Waals surface area contributed by atoms with Crippen molar-refractivity contribution in [3.05, 3.63) is 56.7 Å². The molecular weight excluding hydrogens is 382 g/mol. The maximum atomic E-state index is 12.0. The van der Waals surface area contributed by atoms with E-state index in [-0.39, 0.29) is 11.2 Å². The number of thiophene rings is 1. The molecule has 2 aromatic rings. The maximum absolute atomic E-state index is 12.0. The summed E-state index contributed by atoms with van der Waals surface area (Å²) >= 11 is 6.42. The van der Waals surface area contributed by atoms with E-state index in [1.54, 1.807) is 17.6 Å². The molecule has 7 heteroatoms. The second kappa shape index (κ2) is 7.21. The normalized spacial score (nSPS) is 20.0. The van der Waals surface area contributed by atoms with Gasteiger partial charge in [-0.1, -0.05) is 45.9 Å². The number of halogens is 1. The minimum Gasteiger partial charge on any atom is -0.303 e. The van der Waals surface area contributed by atoms with Crippen LogP contribution in [-0.4, -0.2) is 22.5 Å². The fourth-order valence-electron chi connectivity index (χ4n) is 1.92. The van der Waals surface area contributed by atoms with Crippen molar-refractivity contribution < 1.29 is 4.79 Å². The van der Waals surface area contributed by atoms with Gasteiger partial charge >= 0.3 is 0 Å². The summed E-state index contributed by atoms with van der Waals surface area (Å²) in [7, 11) is 0. The van der Waals surface area contributed by atoms with E-state index in [2.05, 4.69) is 31.4 Å². The molecule has 112 valence electrons. The molecule has 1 aliphatic rings. The topological polar surface area (TPSA) is 53.8 Å². The van der Waals surface area contributed by atoms with Crippen LogP contribution in [0.25, 0.3) is 0 Å². The lowest BCUT2D eigenvalue weighted by Gasteiger charge is -2.05. The molecule has 1 saturated heterocycles. The average molecular weight is 394 g/mol. The fraction of sp³-hybridized carbons (Fsp3) is 0.133. The van der Waals surface area contributed by atoms with Crippen molar-refractivity contribution in [2.75, 3.05) is 0 Å². The minimum atomic E-state index is -0.156. The number of carbonyl (C=O) groups is 1. The third-order valence-corrected chi connectivity index (χ3v) is 5.40. The quantitative estimate of drug-likeness (QED) is 0.636. The molecule has 0 spiro atoms. The maximum Gasteiger partial charge on any atom is 0.239 e. The molecule has 0 bridgehead atoms. The third kappa shape index (κ3) is 4.06. The molecule has 0 aliphatic carbocycles. The van der Waals surface area contributed by atoms with Crippen molar-refractivity contribution >= 4 is 56.3 Å². The first-order valence-corrected chi connectivity index (χ1v) is 9.12. The van der Waals surface area contributed by atoms with E-state index in [1.165, 1.54) is 11.8 Å². The molecular formula is C15H12BrN3OS2. The molecule has 1 unspecified atom stereocenters. The molecule has 1 amide bonds. The summed E-state index contributed by atoms with van der Waals surface area (Å²) < 4.78 is 1.03. The minimum absolute atomic E-state index is 0.0157. The highest BCUT2D eigenvalue weighted by atomic mass is 79.9. The predicted molar refractivity (Wildman–Crippen MR) is 96.7 cm³/mol. The van der Waals surface area contributed by atoms with Crippen LogP contribution >= 0.6 is 39.0 Å². The number of hydrogen-bond donors (Lipinski definition) is 1. The van der Waals surface area contributed by atoms with Crippen LogP contribution in [0.4, 0.5) is 0 Å². The van der Waals surface area contributed by atoms with Gasteiger partial charge in [-0.25, -0.2) is 0 Å². The van der Waals surface area contributed by atoms with Gasteiger partial charge in [0.1, 0.15) is 0 Å². The van der Waals surface area contributed by atoms with Crippen LogP contribution in [0.2, 0.25) is 0 Å². The largest absolute Gasteiger partial charge is 0.303 e. The lowest BCUT2D eigenvalue weighted by atomic mass is 10.1. The van der Waals surface area contributed by atoms with Crippen LogP contribution in [-0.2, 0) is 11.2 Å². The van der Waals surface area contributed by atoms with Gasteiger partial charge in [0.05, 0.1) is 11.5 Å². The predicted octanol–water partition coefficient (Wildman–Crippen LogP) is 3.67. The molecule has 1 atom stereocenters. The van der Waals surface area contributed by atoms with Gasteiger partial charge in [0.2, 0.25) is 5.91 Å². The Morgan fingerprint density at radius 3 is 2.82 bits per heavy atom. The number of hydrogen-bond acceptors (Lipinski definition) is 5. The number of benzene rings is 1. The number of thioether (sulfide) groups is 1. The zero-order valence-electron chi connectivity index (χ0n) is 11.4. The summed E-state index contributed by atoms with van der Waals surface area (Å²) in [5, 5.41) is 13.2. The standard InChI is InChI=1S/C15H12BrN3OS2/c16-11-5-3-10(4-6-11)8-13-14(20)18-15(22-13)19-17-9-12-2-1-7-21-12/h1-7,9,13H,8H2,(H,18,19,20). The highest BCUT2D eigenvalue weighted by Crippen LogP contribution is 2.24. The van der Waals surface area contributed by atoms with Gasteiger partial charge in [-0.05, 0) is 35.6 Å². The molecule has 1 aromatic heterocycles. The summed E-state index contributed by atoms with van der Waals surface area (Å²) in [4.78, 5) is 13.0. The van der Waals surface area contributed by atoms with Crippen LogP contribution < -0.4 is 5.32 Å². The zero-order valence-corrected chi connectivity index (χ0v) is 14.6. The lowest BCUT2D eigenvalue weighted by Crippen LogP contribution is -2.25. The van der Waals surface area contributed by atoms with Gasteiger partial charge in [-0.2, -0.15) is 5.10 Å². The Morgan fingerprint density at radius 2 is 2.09 bits per heavy atom. The van der Waals surface area contributed by atoms with Crippen molar-refractivity contribution in [1.82, 2.24) is 5.32 Å². The van der Waals surface area contributed by atoms with Crippen LogP contribution in [0.3, 0.4) is 0 Å². The molecule has 1 aliphatic heterocycles. The number of amides is 1. The van der Waals surface area contributed by atoms with E-state index in [0.717, 1.165) is 14.9 Å². The van der Waals surface area contributed by atoms with Gasteiger partial charge in [0, 0.05) is 9.35 Å². The molecule has 1 N–H and O–H groups in total. The first kappa shape index (κ1) is 15.5. The number of rotatable bonds is 4. The van der Waals surface area contributed by atoms with Crippen LogP contribution in [0.15, 0.2) is 56.5 Å². The third-order valence-electron chi connectivity index (χ3n) is 2.99. The molecule has 2 heterocycles. The SMILES string of the molecule is O=C1N/C(=N\N=Cc2cccs2)SC1Cc1ccc(Br)cc1. The van der Waals surface area contributed by atoms with E-state index in [1.807, 2.05) is 41.8 Å². The van der Waals surface area contributed by atoms with E-state index in [4.69, 9.17) is 0 Å². The van der Waals surface area contributed by atoms with Gasteiger partial charge in [0.15, 0.2) is 5.17 Å². The summed E-state index contributed by atoms with van der Waals surface area (Å²) in [6, 6.07) is 11.9. The Morgan fingerprint density at radius 1 is 1.27 bits per heavy atom. The van der Waals surface area contributed by atoms with Crippen LogP contribution in [0, 0.1) is 0 Å². The van der Waals surface area contributed by atoms with E-state index >= 15 is 0 Å². The molecule has 1 aromatic carbocycles. The summed E-state index contributed by atoms with van der Waals surface area (Å²) in [6.07, 6.45) is 2.36. The molecule has 4 nitrogen and oxygen atoms in total. The van der Waals surface area contributed by atoms with Gasteiger partial charge in [-0.15, -0.1) is 16.4 Å². The molecule has 3 rings (SSSR count).